The van der Waals surface area contributed by atoms with Gasteiger partial charge in [0.2, 0.25) is 0 Å². The molecule has 0 N–H and O–H groups in total. The van der Waals surface area contributed by atoms with Crippen molar-refractivity contribution in [3.05, 3.63) is 76.9 Å². The van der Waals surface area contributed by atoms with E-state index < -0.39 is 0 Å². The molecule has 3 rings (SSSR count). The zero-order chi connectivity index (χ0) is 18.4. The van der Waals surface area contributed by atoms with E-state index in [1.807, 2.05) is 0 Å². The highest BCUT2D eigenvalue weighted by Gasteiger charge is 2.23. The van der Waals surface area contributed by atoms with Crippen LogP contribution in [0.5, 0.6) is 0 Å². The number of benzene rings is 2. The lowest BCUT2D eigenvalue weighted by atomic mass is 9.76. The van der Waals surface area contributed by atoms with Gasteiger partial charge in [-0.3, -0.25) is 0 Å². The van der Waals surface area contributed by atoms with Gasteiger partial charge in [-0.2, -0.15) is 0 Å². The highest BCUT2D eigenvalue weighted by atomic mass is 16.5. The van der Waals surface area contributed by atoms with Crippen molar-refractivity contribution >= 4 is 6.08 Å². The van der Waals surface area contributed by atoms with Crippen LogP contribution in [0.2, 0.25) is 0 Å². The van der Waals surface area contributed by atoms with Crippen LogP contribution in [-0.4, -0.2) is 7.11 Å². The number of hydrogen-bond donors (Lipinski definition) is 0. The molecule has 1 nitrogen and oxygen atoms in total. The van der Waals surface area contributed by atoms with Crippen LogP contribution in [0.1, 0.15) is 86.1 Å². The molecule has 26 heavy (non-hydrogen) atoms. The van der Waals surface area contributed by atoms with Crippen molar-refractivity contribution in [2.75, 3.05) is 7.11 Å². The molecule has 1 aliphatic carbocycles. The summed E-state index contributed by atoms with van der Waals surface area (Å²) in [6.07, 6.45) is 10.7. The second-order valence-electron chi connectivity index (χ2n) is 7.51. The molecule has 2 aromatic carbocycles. The summed E-state index contributed by atoms with van der Waals surface area (Å²) in [5.74, 6) is 1.44. The molecule has 1 saturated carbocycles. The number of rotatable bonds is 6. The molecule has 2 aromatic rings. The van der Waals surface area contributed by atoms with E-state index in [2.05, 4.69) is 74.5 Å². The SMILES string of the molecule is CC=Cc1ccc([C@H]2CC[C@H](c3ccc(C(CC)OC)cc3)CC2)cc1. The Morgan fingerprint density at radius 1 is 0.885 bits per heavy atom. The molecule has 0 spiro atoms. The normalized spacial score (nSPS) is 21.8. The minimum absolute atomic E-state index is 0.227. The predicted molar refractivity (Wildman–Crippen MR) is 112 cm³/mol. The summed E-state index contributed by atoms with van der Waals surface area (Å²) in [7, 11) is 1.80. The van der Waals surface area contributed by atoms with Crippen molar-refractivity contribution in [2.45, 2.75) is 63.9 Å². The number of allylic oxidation sites excluding steroid dienone is 1. The highest BCUT2D eigenvalue weighted by molar-refractivity contribution is 5.49. The van der Waals surface area contributed by atoms with Gasteiger partial charge in [-0.15, -0.1) is 0 Å². The first kappa shape index (κ1) is 18.9. The third-order valence-corrected chi connectivity index (χ3v) is 5.93. The lowest BCUT2D eigenvalue weighted by Crippen LogP contribution is -2.12. The molecule has 0 radical (unpaired) electrons. The summed E-state index contributed by atoms with van der Waals surface area (Å²) in [6.45, 7) is 4.24. The van der Waals surface area contributed by atoms with E-state index in [-0.39, 0.29) is 6.10 Å². The number of methoxy groups -OCH3 is 1. The molecule has 1 atom stereocenters. The second kappa shape index (κ2) is 9.19. The molecular formula is C25H32O. The van der Waals surface area contributed by atoms with Gasteiger partial charge in [0.25, 0.3) is 0 Å². The standard InChI is InChI=1S/C25H32O/c1-4-6-19-7-9-20(10-8-19)21-11-13-22(14-12-21)23-15-17-24(18-16-23)25(5-2)26-3/h4,6-10,15-18,21-22,25H,5,11-14H2,1-3H3/t21-,22-,25?. The number of hydrogen-bond acceptors (Lipinski definition) is 1. The van der Waals surface area contributed by atoms with E-state index in [4.69, 9.17) is 4.74 Å². The Morgan fingerprint density at radius 3 is 1.81 bits per heavy atom. The zero-order valence-corrected chi connectivity index (χ0v) is 16.4. The molecule has 1 aliphatic rings. The van der Waals surface area contributed by atoms with E-state index in [0.29, 0.717) is 5.92 Å². The fourth-order valence-electron chi connectivity index (χ4n) is 4.35. The summed E-state index contributed by atoms with van der Waals surface area (Å²) in [5.41, 5.74) is 5.61. The minimum atomic E-state index is 0.227. The van der Waals surface area contributed by atoms with Gasteiger partial charge in [-0.1, -0.05) is 67.6 Å². The van der Waals surface area contributed by atoms with Gasteiger partial charge >= 0.3 is 0 Å². The maximum atomic E-state index is 5.55. The average molecular weight is 349 g/mol. The topological polar surface area (TPSA) is 9.23 Å². The van der Waals surface area contributed by atoms with Crippen LogP contribution in [0.25, 0.3) is 6.08 Å². The average Bonchev–Trinajstić information content (AvgIpc) is 2.71. The maximum absolute atomic E-state index is 5.55. The van der Waals surface area contributed by atoms with Gasteiger partial charge in [-0.05, 0) is 73.1 Å². The fraction of sp³-hybridized carbons (Fsp3) is 0.440. The molecule has 0 bridgehead atoms. The van der Waals surface area contributed by atoms with Gasteiger partial charge in [-0.25, -0.2) is 0 Å². The van der Waals surface area contributed by atoms with E-state index >= 15 is 0 Å². The van der Waals surface area contributed by atoms with Crippen molar-refractivity contribution in [3.63, 3.8) is 0 Å². The third-order valence-electron chi connectivity index (χ3n) is 5.93. The maximum Gasteiger partial charge on any atom is 0.0818 e. The largest absolute Gasteiger partial charge is 0.377 e. The molecule has 0 saturated heterocycles. The van der Waals surface area contributed by atoms with Crippen LogP contribution < -0.4 is 0 Å². The molecular weight excluding hydrogens is 316 g/mol. The molecule has 1 fully saturated rings. The molecule has 0 aliphatic heterocycles. The first-order valence-corrected chi connectivity index (χ1v) is 10.1. The van der Waals surface area contributed by atoms with Crippen molar-refractivity contribution in [3.8, 4) is 0 Å². The Kier molecular flexibility index (Phi) is 6.68. The Hall–Kier alpha value is -1.86. The summed E-state index contributed by atoms with van der Waals surface area (Å²) in [6, 6.07) is 18.3. The van der Waals surface area contributed by atoms with Crippen LogP contribution in [-0.2, 0) is 4.74 Å². The molecule has 0 heterocycles. The quantitative estimate of drug-likeness (QED) is 0.534. The van der Waals surface area contributed by atoms with Crippen molar-refractivity contribution in [1.82, 2.24) is 0 Å². The van der Waals surface area contributed by atoms with Crippen LogP contribution in [0.4, 0.5) is 0 Å². The molecule has 1 heteroatoms. The summed E-state index contributed by atoms with van der Waals surface area (Å²) in [5, 5.41) is 0. The Labute approximate surface area is 159 Å². The van der Waals surface area contributed by atoms with Crippen molar-refractivity contribution < 1.29 is 4.74 Å². The van der Waals surface area contributed by atoms with Crippen molar-refractivity contribution in [2.24, 2.45) is 0 Å². The summed E-state index contributed by atoms with van der Waals surface area (Å²) >= 11 is 0. The van der Waals surface area contributed by atoms with E-state index in [0.717, 1.165) is 12.3 Å². The Bertz CT molecular complexity index is 684. The van der Waals surface area contributed by atoms with Crippen LogP contribution in [0, 0.1) is 0 Å². The zero-order valence-electron chi connectivity index (χ0n) is 16.4. The molecule has 138 valence electrons. The molecule has 0 amide bonds. The van der Waals surface area contributed by atoms with Crippen molar-refractivity contribution in [1.29, 1.82) is 0 Å². The Morgan fingerprint density at radius 2 is 1.38 bits per heavy atom. The highest BCUT2D eigenvalue weighted by Crippen LogP contribution is 2.40. The molecule has 0 aromatic heterocycles. The monoisotopic (exact) mass is 348 g/mol. The third kappa shape index (κ3) is 4.45. The van der Waals surface area contributed by atoms with Gasteiger partial charge in [0.1, 0.15) is 0 Å². The van der Waals surface area contributed by atoms with E-state index in [1.165, 1.54) is 47.9 Å². The van der Waals surface area contributed by atoms with Crippen LogP contribution in [0.15, 0.2) is 54.6 Å². The molecule has 1 unspecified atom stereocenters. The fourth-order valence-corrected chi connectivity index (χ4v) is 4.35. The van der Waals surface area contributed by atoms with Gasteiger partial charge in [0.05, 0.1) is 6.10 Å². The van der Waals surface area contributed by atoms with Gasteiger partial charge < -0.3 is 4.74 Å². The smallest absolute Gasteiger partial charge is 0.0818 e. The van der Waals surface area contributed by atoms with E-state index in [1.54, 1.807) is 7.11 Å². The van der Waals surface area contributed by atoms with Gasteiger partial charge in [0.15, 0.2) is 0 Å². The Balaban J connectivity index is 1.59. The first-order chi connectivity index (χ1) is 12.7. The van der Waals surface area contributed by atoms with Gasteiger partial charge in [0, 0.05) is 7.11 Å². The summed E-state index contributed by atoms with van der Waals surface area (Å²) in [4.78, 5) is 0. The minimum Gasteiger partial charge on any atom is -0.377 e. The first-order valence-electron chi connectivity index (χ1n) is 10.1. The summed E-state index contributed by atoms with van der Waals surface area (Å²) < 4.78 is 5.55. The van der Waals surface area contributed by atoms with E-state index in [9.17, 15) is 0 Å². The number of ether oxygens (including phenoxy) is 1. The second-order valence-corrected chi connectivity index (χ2v) is 7.51. The van der Waals surface area contributed by atoms with Crippen LogP contribution >= 0.6 is 0 Å². The predicted octanol–water partition coefficient (Wildman–Crippen LogP) is 7.26. The lowest BCUT2D eigenvalue weighted by Gasteiger charge is -2.29. The van der Waals surface area contributed by atoms with Crippen LogP contribution in [0.3, 0.4) is 0 Å². The lowest BCUT2D eigenvalue weighted by molar-refractivity contribution is 0.100.